The Kier molecular flexibility index (Phi) is 6.35. The van der Waals surface area contributed by atoms with Gasteiger partial charge in [0.1, 0.15) is 17.3 Å². The molecule has 2 N–H and O–H groups in total. The summed E-state index contributed by atoms with van der Waals surface area (Å²) in [6.45, 7) is 6.26. The van der Waals surface area contributed by atoms with E-state index in [9.17, 15) is 19.1 Å². The van der Waals surface area contributed by atoms with Crippen molar-refractivity contribution in [2.45, 2.75) is 32.2 Å². The van der Waals surface area contributed by atoms with E-state index in [1.165, 1.54) is 30.2 Å². The molecular formula is C29H25BrFN3O4. The lowest BCUT2D eigenvalue weighted by Crippen LogP contribution is -2.30. The van der Waals surface area contributed by atoms with Crippen LogP contribution in [0, 0.1) is 5.82 Å². The van der Waals surface area contributed by atoms with Gasteiger partial charge in [0.05, 0.1) is 34.2 Å². The zero-order valence-corrected chi connectivity index (χ0v) is 22.8. The van der Waals surface area contributed by atoms with Crippen LogP contribution >= 0.6 is 15.9 Å². The Labute approximate surface area is 227 Å². The van der Waals surface area contributed by atoms with Gasteiger partial charge >= 0.3 is 5.91 Å². The molecular weight excluding hydrogens is 553 g/mol. The molecule has 1 aliphatic rings. The highest BCUT2D eigenvalue weighted by Crippen LogP contribution is 2.42. The van der Waals surface area contributed by atoms with Crippen molar-refractivity contribution in [2.75, 3.05) is 12.0 Å². The number of aromatic amines is 1. The van der Waals surface area contributed by atoms with Crippen LogP contribution in [0.4, 0.5) is 10.3 Å². The van der Waals surface area contributed by atoms with E-state index in [0.717, 1.165) is 5.56 Å². The number of H-pyrrole nitrogens is 1. The molecule has 1 saturated heterocycles. The lowest BCUT2D eigenvalue weighted by atomic mass is 9.85. The maximum absolute atomic E-state index is 13.8. The predicted molar refractivity (Wildman–Crippen MR) is 147 cm³/mol. The standard InChI is InChI=1S/C29H25BrFN3O4/c1-29(2,3)17-8-5-15(6-9-17)24-23(25(35)16-7-12-22(38-4)19(30)13-16)26(36)27(37)34(24)28-32-20-11-10-18(31)14-21(20)33-28/h5-14,24,35H,1-4H3,(H,32,33)/b25-23+. The van der Waals surface area contributed by atoms with E-state index in [-0.39, 0.29) is 22.7 Å². The largest absolute Gasteiger partial charge is 0.507 e. The van der Waals surface area contributed by atoms with E-state index in [1.807, 2.05) is 24.3 Å². The number of Topliss-reactive ketones (excluding diaryl/α,β-unsaturated/α-hetero) is 1. The summed E-state index contributed by atoms with van der Waals surface area (Å²) in [5, 5.41) is 11.4. The monoisotopic (exact) mass is 577 g/mol. The molecule has 0 spiro atoms. The van der Waals surface area contributed by atoms with Crippen LogP contribution < -0.4 is 9.64 Å². The fraction of sp³-hybridized carbons (Fsp3) is 0.207. The second-order valence-electron chi connectivity index (χ2n) is 10.1. The molecule has 1 unspecified atom stereocenters. The maximum atomic E-state index is 13.8. The SMILES string of the molecule is COc1ccc(/C(O)=C2\C(=O)C(=O)N(c3nc4ccc(F)cc4[nH]3)C2c2ccc(C(C)(C)C)cc2)cc1Br. The van der Waals surface area contributed by atoms with Crippen LogP contribution in [0.2, 0.25) is 0 Å². The minimum absolute atomic E-state index is 0.0764. The number of hydrogen-bond donors (Lipinski definition) is 2. The summed E-state index contributed by atoms with van der Waals surface area (Å²) in [6.07, 6.45) is 0. The van der Waals surface area contributed by atoms with Crippen molar-refractivity contribution >= 4 is 50.4 Å². The number of aliphatic hydroxyl groups excluding tert-OH is 1. The lowest BCUT2D eigenvalue weighted by Gasteiger charge is -2.25. The van der Waals surface area contributed by atoms with Gasteiger partial charge in [0.15, 0.2) is 0 Å². The molecule has 7 nitrogen and oxygen atoms in total. The average Bonchev–Trinajstić information content (AvgIpc) is 3.40. The lowest BCUT2D eigenvalue weighted by molar-refractivity contribution is -0.132. The number of ether oxygens (including phenoxy) is 1. The van der Waals surface area contributed by atoms with Crippen LogP contribution in [-0.2, 0) is 15.0 Å². The minimum Gasteiger partial charge on any atom is -0.507 e. The number of amides is 1. The zero-order valence-electron chi connectivity index (χ0n) is 21.2. The maximum Gasteiger partial charge on any atom is 0.302 e. The van der Waals surface area contributed by atoms with Gasteiger partial charge in [-0.15, -0.1) is 0 Å². The number of benzene rings is 3. The smallest absolute Gasteiger partial charge is 0.302 e. The number of anilines is 1. The summed E-state index contributed by atoms with van der Waals surface area (Å²) in [7, 11) is 1.52. The summed E-state index contributed by atoms with van der Waals surface area (Å²) in [6, 6.07) is 15.5. The Morgan fingerprint density at radius 1 is 1.08 bits per heavy atom. The highest BCUT2D eigenvalue weighted by atomic mass is 79.9. The van der Waals surface area contributed by atoms with E-state index in [1.54, 1.807) is 18.2 Å². The van der Waals surface area contributed by atoms with Crippen molar-refractivity contribution in [2.24, 2.45) is 0 Å². The Balaban J connectivity index is 1.71. The van der Waals surface area contributed by atoms with Crippen molar-refractivity contribution < 1.29 is 23.8 Å². The van der Waals surface area contributed by atoms with Gasteiger partial charge in [-0.3, -0.25) is 14.5 Å². The number of nitrogens with one attached hydrogen (secondary N) is 1. The third kappa shape index (κ3) is 4.36. The zero-order chi connectivity index (χ0) is 27.4. The number of ketones is 1. The molecule has 3 aromatic carbocycles. The second kappa shape index (κ2) is 9.40. The number of rotatable bonds is 4. The number of nitrogens with zero attached hydrogens (tertiary/aromatic N) is 2. The van der Waals surface area contributed by atoms with Crippen molar-refractivity contribution in [1.82, 2.24) is 9.97 Å². The summed E-state index contributed by atoms with van der Waals surface area (Å²) in [5.74, 6) is -1.89. The van der Waals surface area contributed by atoms with Gasteiger partial charge < -0.3 is 14.8 Å². The number of carbonyl (C=O) groups excluding carboxylic acids is 2. The van der Waals surface area contributed by atoms with Gasteiger partial charge in [-0.05, 0) is 68.9 Å². The van der Waals surface area contributed by atoms with Gasteiger partial charge in [-0.2, -0.15) is 0 Å². The van der Waals surface area contributed by atoms with E-state index in [0.29, 0.717) is 32.4 Å². The number of fused-ring (bicyclic) bond motifs is 1. The van der Waals surface area contributed by atoms with Crippen LogP contribution in [0.15, 0.2) is 70.7 Å². The minimum atomic E-state index is -0.977. The van der Waals surface area contributed by atoms with Gasteiger partial charge in [-0.1, -0.05) is 45.0 Å². The Morgan fingerprint density at radius 3 is 2.42 bits per heavy atom. The van der Waals surface area contributed by atoms with Crippen LogP contribution in [0.5, 0.6) is 5.75 Å². The number of halogens is 2. The number of hydrogen-bond acceptors (Lipinski definition) is 5. The van der Waals surface area contributed by atoms with Crippen molar-refractivity contribution in [3.05, 3.63) is 93.2 Å². The topological polar surface area (TPSA) is 95.5 Å². The molecule has 0 aliphatic carbocycles. The quantitative estimate of drug-likeness (QED) is 0.166. The summed E-state index contributed by atoms with van der Waals surface area (Å²) < 4.78 is 19.7. The van der Waals surface area contributed by atoms with E-state index in [2.05, 4.69) is 46.7 Å². The number of imidazole rings is 1. The summed E-state index contributed by atoms with van der Waals surface area (Å²) in [4.78, 5) is 35.5. The third-order valence-electron chi connectivity index (χ3n) is 6.62. The van der Waals surface area contributed by atoms with E-state index >= 15 is 0 Å². The fourth-order valence-corrected chi connectivity index (χ4v) is 5.12. The number of methoxy groups -OCH3 is 1. The molecule has 1 aromatic heterocycles. The van der Waals surface area contributed by atoms with Crippen molar-refractivity contribution in [1.29, 1.82) is 0 Å². The van der Waals surface area contributed by atoms with Gasteiger partial charge in [-0.25, -0.2) is 9.37 Å². The molecule has 1 amide bonds. The molecule has 1 fully saturated rings. The molecule has 194 valence electrons. The van der Waals surface area contributed by atoms with Gasteiger partial charge in [0.2, 0.25) is 5.95 Å². The predicted octanol–water partition coefficient (Wildman–Crippen LogP) is 6.40. The second-order valence-corrected chi connectivity index (χ2v) is 11.0. The van der Waals surface area contributed by atoms with Gasteiger partial charge in [0, 0.05) is 5.56 Å². The number of aromatic nitrogens is 2. The molecule has 1 aliphatic heterocycles. The molecule has 0 bridgehead atoms. The average molecular weight is 578 g/mol. The molecule has 38 heavy (non-hydrogen) atoms. The molecule has 1 atom stereocenters. The molecule has 0 radical (unpaired) electrons. The molecule has 9 heteroatoms. The Bertz CT molecular complexity index is 1620. The first kappa shape index (κ1) is 25.7. The van der Waals surface area contributed by atoms with E-state index in [4.69, 9.17) is 4.74 Å². The fourth-order valence-electron chi connectivity index (χ4n) is 4.58. The Hall–Kier alpha value is -3.98. The number of carbonyl (C=O) groups is 2. The van der Waals surface area contributed by atoms with Crippen LogP contribution in [0.25, 0.3) is 16.8 Å². The summed E-state index contributed by atoms with van der Waals surface area (Å²) in [5.41, 5.74) is 2.63. The first-order chi connectivity index (χ1) is 18.0. The van der Waals surface area contributed by atoms with E-state index < -0.39 is 23.5 Å². The third-order valence-corrected chi connectivity index (χ3v) is 7.24. The van der Waals surface area contributed by atoms with Crippen LogP contribution in [0.1, 0.15) is 43.5 Å². The normalized spacial score (nSPS) is 17.4. The molecule has 4 aromatic rings. The highest BCUT2D eigenvalue weighted by Gasteiger charge is 2.48. The highest BCUT2D eigenvalue weighted by molar-refractivity contribution is 9.10. The molecule has 5 rings (SSSR count). The molecule has 2 heterocycles. The van der Waals surface area contributed by atoms with Crippen LogP contribution in [0.3, 0.4) is 0 Å². The summed E-state index contributed by atoms with van der Waals surface area (Å²) >= 11 is 3.41. The van der Waals surface area contributed by atoms with Gasteiger partial charge in [0.25, 0.3) is 5.78 Å². The van der Waals surface area contributed by atoms with Crippen molar-refractivity contribution in [3.8, 4) is 5.75 Å². The van der Waals surface area contributed by atoms with Crippen LogP contribution in [-0.4, -0.2) is 33.9 Å². The first-order valence-electron chi connectivity index (χ1n) is 11.9. The molecule has 0 saturated carbocycles. The van der Waals surface area contributed by atoms with Crippen molar-refractivity contribution in [3.63, 3.8) is 0 Å². The number of aliphatic hydroxyl groups is 1. The Morgan fingerprint density at radius 2 is 1.79 bits per heavy atom. The first-order valence-corrected chi connectivity index (χ1v) is 12.7.